The maximum atomic E-state index is 14.8. The van der Waals surface area contributed by atoms with Crippen LogP contribution >= 0.6 is 11.6 Å². The first-order valence-corrected chi connectivity index (χ1v) is 22.2. The van der Waals surface area contributed by atoms with Crippen LogP contribution in [0.3, 0.4) is 0 Å². The van der Waals surface area contributed by atoms with E-state index >= 15 is 0 Å². The van der Waals surface area contributed by atoms with Crippen molar-refractivity contribution in [3.05, 3.63) is 53.2 Å². The minimum Gasteiger partial charge on any atom is -0.461 e. The zero-order chi connectivity index (χ0) is 40.4. The number of halogens is 5. The highest BCUT2D eigenvalue weighted by Gasteiger charge is 2.41. The van der Waals surface area contributed by atoms with Crippen LogP contribution in [0.15, 0.2) is 36.7 Å². The molecule has 56 heavy (non-hydrogen) atoms. The maximum Gasteiger partial charge on any atom is 0.401 e. The van der Waals surface area contributed by atoms with Gasteiger partial charge in [0.1, 0.15) is 35.6 Å². The number of nitrogens with one attached hydrogen (secondary N) is 2. The van der Waals surface area contributed by atoms with Crippen molar-refractivity contribution in [1.29, 1.82) is 0 Å². The van der Waals surface area contributed by atoms with Crippen molar-refractivity contribution >= 4 is 49.1 Å². The van der Waals surface area contributed by atoms with Crippen LogP contribution in [-0.4, -0.2) is 101 Å². The molecule has 3 fully saturated rings. The van der Waals surface area contributed by atoms with E-state index in [4.69, 9.17) is 20.8 Å². The molecular weight excluding hydrogens is 772 g/mol. The van der Waals surface area contributed by atoms with Crippen molar-refractivity contribution < 1.29 is 36.3 Å². The third kappa shape index (κ3) is 10.6. The monoisotopic (exact) mass is 820 g/mol. The van der Waals surface area contributed by atoms with Gasteiger partial charge in [0.25, 0.3) is 0 Å². The summed E-state index contributed by atoms with van der Waals surface area (Å²) in [6, 6.07) is 7.69. The van der Waals surface area contributed by atoms with E-state index in [1.807, 2.05) is 0 Å². The van der Waals surface area contributed by atoms with E-state index in [0.29, 0.717) is 73.2 Å². The number of benzene rings is 1. The average molecular weight is 821 g/mol. The summed E-state index contributed by atoms with van der Waals surface area (Å²) in [7, 11) is -2.17. The fraction of sp³-hybridized carbons (Fsp3) is 0.579. The molecule has 3 aromatic rings. The summed E-state index contributed by atoms with van der Waals surface area (Å²) < 4.78 is 65.0. The number of hydrogen-bond donors (Lipinski definition) is 2. The fourth-order valence-corrected chi connectivity index (χ4v) is 8.04. The number of amides is 1. The Morgan fingerprint density at radius 3 is 2.38 bits per heavy atom. The number of carbonyl (C=O) groups excluding carboxylic acids is 2. The van der Waals surface area contributed by atoms with Gasteiger partial charge < -0.3 is 24.7 Å². The smallest absolute Gasteiger partial charge is 0.401 e. The number of esters is 1. The highest BCUT2D eigenvalue weighted by molar-refractivity contribution is 6.74. The lowest BCUT2D eigenvalue weighted by molar-refractivity contribution is -0.156. The molecule has 12 nitrogen and oxygen atoms in total. The lowest BCUT2D eigenvalue weighted by atomic mass is 9.77. The number of hydrogen-bond acceptors (Lipinski definition) is 11. The van der Waals surface area contributed by atoms with Crippen LogP contribution in [0.2, 0.25) is 23.2 Å². The summed E-state index contributed by atoms with van der Waals surface area (Å²) in [4.78, 5) is 38.2. The second-order valence-corrected chi connectivity index (χ2v) is 21.7. The number of rotatable bonds is 12. The van der Waals surface area contributed by atoms with Crippen LogP contribution in [0.5, 0.6) is 0 Å². The largest absolute Gasteiger partial charge is 0.461 e. The number of nitrogens with zero attached hydrogens (tertiary/aromatic N) is 6. The molecule has 0 unspecified atom stereocenters. The molecule has 1 atom stereocenters. The topological polar surface area (TPSA) is 135 Å². The van der Waals surface area contributed by atoms with E-state index in [1.54, 1.807) is 12.1 Å². The summed E-state index contributed by atoms with van der Waals surface area (Å²) in [6.45, 7) is 11.6. The first-order chi connectivity index (χ1) is 26.3. The number of likely N-dealkylation sites (tertiary alicyclic amines) is 2. The molecule has 2 aromatic heterocycles. The van der Waals surface area contributed by atoms with E-state index in [-0.39, 0.29) is 65.7 Å². The molecule has 1 aromatic carbocycles. The van der Waals surface area contributed by atoms with Gasteiger partial charge in [-0.2, -0.15) is 18.3 Å². The van der Waals surface area contributed by atoms with Gasteiger partial charge in [0.05, 0.1) is 30.5 Å². The van der Waals surface area contributed by atoms with Crippen LogP contribution < -0.4 is 10.6 Å². The Balaban J connectivity index is 1.02. The second kappa shape index (κ2) is 17.0. The van der Waals surface area contributed by atoms with Gasteiger partial charge in [-0.3, -0.25) is 14.5 Å². The average Bonchev–Trinajstić information content (AvgIpc) is 3.52. The molecule has 0 spiro atoms. The van der Waals surface area contributed by atoms with Crippen LogP contribution in [0.4, 0.5) is 34.9 Å². The van der Waals surface area contributed by atoms with Gasteiger partial charge >= 0.3 is 12.1 Å². The first kappa shape index (κ1) is 41.8. The van der Waals surface area contributed by atoms with Crippen molar-refractivity contribution in [2.45, 2.75) is 95.9 Å². The minimum absolute atomic E-state index is 0.0439. The van der Waals surface area contributed by atoms with Gasteiger partial charge in [-0.1, -0.05) is 32.4 Å². The molecule has 18 heteroatoms. The van der Waals surface area contributed by atoms with Crippen LogP contribution in [0.1, 0.15) is 58.6 Å². The minimum atomic E-state index is -4.27. The Hall–Kier alpha value is -3.77. The molecular formula is C38H49ClF4N8O4Si. The molecule has 1 saturated carbocycles. The molecule has 304 valence electrons. The standard InChI is InChI=1S/C38H49ClF4N8O4Si/c1-37(2,3)56(4,5)54-20-32-31(17-30(48-49-32)28-16-25(39)6-7-29(28)40)46-33-18-34(45-22-44-33)47-35(52)24-14-26(15-24)51-12-8-23(9-13-51)36(53)55-27-10-11-50(19-27)21-38(41,42)43/h6-7,16-18,22-24,26-27H,8-15,19-21H2,1-5H3,(H2,44,45,46,47,48,52)/t24?,26?,27-/m0/s1. The lowest BCUT2D eigenvalue weighted by Crippen LogP contribution is -2.51. The van der Waals surface area contributed by atoms with Crippen molar-refractivity contribution in [1.82, 2.24) is 30.0 Å². The zero-order valence-electron chi connectivity index (χ0n) is 32.3. The Bertz CT molecular complexity index is 1890. The first-order valence-electron chi connectivity index (χ1n) is 18.9. The second-order valence-electron chi connectivity index (χ2n) is 16.5. The number of anilines is 3. The number of piperidine rings is 1. The van der Waals surface area contributed by atoms with Crippen LogP contribution in [0.25, 0.3) is 11.3 Å². The Morgan fingerprint density at radius 1 is 0.964 bits per heavy atom. The maximum absolute atomic E-state index is 14.8. The van der Waals surface area contributed by atoms with Gasteiger partial charge in [-0.05, 0) is 87.6 Å². The Kier molecular flexibility index (Phi) is 12.7. The molecule has 1 aliphatic carbocycles. The van der Waals surface area contributed by atoms with E-state index in [1.165, 1.54) is 29.4 Å². The molecule has 0 bridgehead atoms. The Labute approximate surface area is 330 Å². The third-order valence-electron chi connectivity index (χ3n) is 11.4. The summed E-state index contributed by atoms with van der Waals surface area (Å²) in [5.41, 5.74) is 1.44. The van der Waals surface area contributed by atoms with Gasteiger partial charge in [0.15, 0.2) is 8.32 Å². The lowest BCUT2D eigenvalue weighted by Gasteiger charge is -2.44. The summed E-state index contributed by atoms with van der Waals surface area (Å²) >= 11 is 6.17. The van der Waals surface area contributed by atoms with Gasteiger partial charge in [0.2, 0.25) is 5.91 Å². The van der Waals surface area contributed by atoms with E-state index in [9.17, 15) is 27.2 Å². The highest BCUT2D eigenvalue weighted by Crippen LogP contribution is 2.38. The highest BCUT2D eigenvalue weighted by atomic mass is 35.5. The third-order valence-corrected chi connectivity index (χ3v) is 16.1. The van der Waals surface area contributed by atoms with E-state index in [0.717, 1.165) is 0 Å². The molecule has 2 aliphatic heterocycles. The molecule has 1 amide bonds. The van der Waals surface area contributed by atoms with E-state index < -0.39 is 33.0 Å². The van der Waals surface area contributed by atoms with Crippen molar-refractivity contribution in [3.8, 4) is 11.3 Å². The molecule has 6 rings (SSSR count). The van der Waals surface area contributed by atoms with Crippen molar-refractivity contribution in [2.75, 3.05) is 43.4 Å². The molecule has 4 heterocycles. The zero-order valence-corrected chi connectivity index (χ0v) is 34.0. The number of aromatic nitrogens is 4. The van der Waals surface area contributed by atoms with Crippen molar-refractivity contribution in [3.63, 3.8) is 0 Å². The summed E-state index contributed by atoms with van der Waals surface area (Å²) in [5.74, 6) is -0.813. The molecule has 2 N–H and O–H groups in total. The summed E-state index contributed by atoms with van der Waals surface area (Å²) in [5, 5.41) is 15.2. The SMILES string of the molecule is CC(C)(C)[Si](C)(C)OCc1nnc(-c2cc(Cl)ccc2F)cc1Nc1cc(NC(=O)C2CC(N3CCC(C(=O)O[C@H]4CCN(CC(F)(F)F)C4)CC3)C2)ncn1. The predicted octanol–water partition coefficient (Wildman–Crippen LogP) is 7.60. The molecule has 3 aliphatic rings. The number of ether oxygens (including phenoxy) is 1. The van der Waals surface area contributed by atoms with Gasteiger partial charge in [-0.25, -0.2) is 14.4 Å². The number of carbonyl (C=O) groups is 2. The quantitative estimate of drug-likeness (QED) is 0.106. The van der Waals surface area contributed by atoms with Gasteiger partial charge in [0, 0.05) is 41.7 Å². The Morgan fingerprint density at radius 2 is 1.68 bits per heavy atom. The fourth-order valence-electron chi connectivity index (χ4n) is 6.93. The van der Waals surface area contributed by atoms with Crippen molar-refractivity contribution in [2.24, 2.45) is 11.8 Å². The predicted molar refractivity (Wildman–Crippen MR) is 206 cm³/mol. The normalized spacial score (nSPS) is 21.4. The van der Waals surface area contributed by atoms with Gasteiger partial charge in [-0.15, -0.1) is 5.10 Å². The number of alkyl halides is 3. The molecule has 2 saturated heterocycles. The summed E-state index contributed by atoms with van der Waals surface area (Å²) in [6.07, 6.45) is -0.504. The van der Waals surface area contributed by atoms with Crippen LogP contribution in [-0.2, 0) is 25.4 Å². The van der Waals surface area contributed by atoms with E-state index in [2.05, 4.69) is 69.6 Å². The van der Waals surface area contributed by atoms with Crippen LogP contribution in [0, 0.1) is 17.7 Å². The molecule has 0 radical (unpaired) electrons.